The number of benzene rings is 1. The second-order valence-corrected chi connectivity index (χ2v) is 5.16. The van der Waals surface area contributed by atoms with Crippen molar-refractivity contribution < 1.29 is 9.18 Å². The van der Waals surface area contributed by atoms with Crippen molar-refractivity contribution in [2.75, 3.05) is 18.9 Å². The molecule has 0 aliphatic carbocycles. The van der Waals surface area contributed by atoms with Gasteiger partial charge >= 0.3 is 0 Å². The van der Waals surface area contributed by atoms with E-state index >= 15 is 0 Å². The number of carbonyl (C=O) groups is 1. The number of rotatable bonds is 3. The molecule has 1 aromatic carbocycles. The maximum absolute atomic E-state index is 13.4. The number of hydrogen-bond donors (Lipinski definition) is 2. The number of para-hydroxylation sites is 1. The van der Waals surface area contributed by atoms with Gasteiger partial charge in [-0.25, -0.2) is 4.39 Å². The van der Waals surface area contributed by atoms with Crippen LogP contribution in [0.15, 0.2) is 18.2 Å². The standard InChI is InChI=1S/C13H19FN2O/c1-13(2,3)8-16-12(17)9-6-5-7-10(14)11(9)15-4/h5-7,15H,8H2,1-4H3,(H,16,17). The highest BCUT2D eigenvalue weighted by molar-refractivity contribution is 5.99. The number of halogens is 1. The van der Waals surface area contributed by atoms with Crippen molar-refractivity contribution in [1.29, 1.82) is 0 Å². The maximum Gasteiger partial charge on any atom is 0.253 e. The minimum Gasteiger partial charge on any atom is -0.385 e. The largest absolute Gasteiger partial charge is 0.385 e. The van der Waals surface area contributed by atoms with Crippen LogP contribution in [-0.4, -0.2) is 19.5 Å². The van der Waals surface area contributed by atoms with E-state index in [0.29, 0.717) is 12.1 Å². The van der Waals surface area contributed by atoms with E-state index < -0.39 is 5.82 Å². The van der Waals surface area contributed by atoms with Gasteiger partial charge in [0.15, 0.2) is 0 Å². The average Bonchev–Trinajstić information content (AvgIpc) is 2.24. The highest BCUT2D eigenvalue weighted by Crippen LogP contribution is 2.19. The molecule has 0 heterocycles. The molecule has 1 amide bonds. The molecule has 3 nitrogen and oxygen atoms in total. The maximum atomic E-state index is 13.4. The Hall–Kier alpha value is -1.58. The molecular weight excluding hydrogens is 219 g/mol. The molecule has 0 aliphatic heterocycles. The van der Waals surface area contributed by atoms with Gasteiger partial charge < -0.3 is 10.6 Å². The third-order valence-electron chi connectivity index (χ3n) is 2.29. The Labute approximate surface area is 101 Å². The summed E-state index contributed by atoms with van der Waals surface area (Å²) >= 11 is 0. The number of nitrogens with one attached hydrogen (secondary N) is 2. The Kier molecular flexibility index (Phi) is 4.10. The van der Waals surface area contributed by atoms with Gasteiger partial charge in [0.2, 0.25) is 0 Å². The monoisotopic (exact) mass is 238 g/mol. The Morgan fingerprint density at radius 3 is 2.53 bits per heavy atom. The summed E-state index contributed by atoms with van der Waals surface area (Å²) in [6, 6.07) is 4.46. The Morgan fingerprint density at radius 1 is 1.35 bits per heavy atom. The number of hydrogen-bond acceptors (Lipinski definition) is 2. The smallest absolute Gasteiger partial charge is 0.253 e. The van der Waals surface area contributed by atoms with Crippen molar-refractivity contribution in [2.24, 2.45) is 5.41 Å². The van der Waals surface area contributed by atoms with Crippen molar-refractivity contribution in [1.82, 2.24) is 5.32 Å². The normalized spacial score (nSPS) is 11.1. The van der Waals surface area contributed by atoms with E-state index in [-0.39, 0.29) is 17.0 Å². The van der Waals surface area contributed by atoms with Gasteiger partial charge in [-0.1, -0.05) is 26.8 Å². The van der Waals surface area contributed by atoms with Crippen molar-refractivity contribution in [2.45, 2.75) is 20.8 Å². The first-order valence-corrected chi connectivity index (χ1v) is 5.59. The third-order valence-corrected chi connectivity index (χ3v) is 2.29. The predicted octanol–water partition coefficient (Wildman–Crippen LogP) is 2.64. The van der Waals surface area contributed by atoms with Crippen LogP contribution in [0.5, 0.6) is 0 Å². The molecule has 17 heavy (non-hydrogen) atoms. The Balaban J connectivity index is 2.86. The summed E-state index contributed by atoms with van der Waals surface area (Å²) in [5, 5.41) is 5.50. The molecule has 0 saturated carbocycles. The molecule has 0 bridgehead atoms. The lowest BCUT2D eigenvalue weighted by molar-refractivity contribution is 0.0940. The lowest BCUT2D eigenvalue weighted by Gasteiger charge is -2.19. The summed E-state index contributed by atoms with van der Waals surface area (Å²) in [6.45, 7) is 6.62. The molecule has 1 rings (SSSR count). The van der Waals surface area contributed by atoms with Gasteiger partial charge in [0, 0.05) is 13.6 Å². The lowest BCUT2D eigenvalue weighted by atomic mass is 9.97. The van der Waals surface area contributed by atoms with Gasteiger partial charge in [-0.2, -0.15) is 0 Å². The van der Waals surface area contributed by atoms with Gasteiger partial charge in [-0.3, -0.25) is 4.79 Å². The summed E-state index contributed by atoms with van der Waals surface area (Å²) in [4.78, 5) is 11.9. The zero-order chi connectivity index (χ0) is 13.1. The summed E-state index contributed by atoms with van der Waals surface area (Å²) in [5.41, 5.74) is 0.568. The second-order valence-electron chi connectivity index (χ2n) is 5.16. The van der Waals surface area contributed by atoms with Crippen LogP contribution in [0, 0.1) is 11.2 Å². The van der Waals surface area contributed by atoms with Crippen molar-refractivity contribution in [3.05, 3.63) is 29.6 Å². The molecule has 0 saturated heterocycles. The van der Waals surface area contributed by atoms with Crippen LogP contribution in [0.2, 0.25) is 0 Å². The first-order valence-electron chi connectivity index (χ1n) is 5.59. The van der Waals surface area contributed by atoms with Crippen molar-refractivity contribution >= 4 is 11.6 Å². The topological polar surface area (TPSA) is 41.1 Å². The molecule has 0 aromatic heterocycles. The van der Waals surface area contributed by atoms with Crippen LogP contribution in [0.25, 0.3) is 0 Å². The molecule has 94 valence electrons. The van der Waals surface area contributed by atoms with E-state index in [1.807, 2.05) is 20.8 Å². The van der Waals surface area contributed by atoms with Gasteiger partial charge in [0.05, 0.1) is 11.3 Å². The minimum absolute atomic E-state index is 0.00277. The molecule has 2 N–H and O–H groups in total. The average molecular weight is 238 g/mol. The molecule has 0 atom stereocenters. The molecule has 0 radical (unpaired) electrons. The van der Waals surface area contributed by atoms with Crippen LogP contribution < -0.4 is 10.6 Å². The van der Waals surface area contributed by atoms with Crippen LogP contribution >= 0.6 is 0 Å². The summed E-state index contributed by atoms with van der Waals surface area (Å²) in [7, 11) is 1.60. The zero-order valence-electron chi connectivity index (χ0n) is 10.7. The summed E-state index contributed by atoms with van der Waals surface area (Å²) in [6.07, 6.45) is 0. The Morgan fingerprint density at radius 2 is 2.00 bits per heavy atom. The molecule has 0 fully saturated rings. The SMILES string of the molecule is CNc1c(F)cccc1C(=O)NCC(C)(C)C. The summed E-state index contributed by atoms with van der Waals surface area (Å²) in [5.74, 6) is -0.681. The number of carbonyl (C=O) groups excluding carboxylic acids is 1. The molecule has 0 spiro atoms. The van der Waals surface area contributed by atoms with E-state index in [1.54, 1.807) is 13.1 Å². The molecule has 4 heteroatoms. The van der Waals surface area contributed by atoms with E-state index in [1.165, 1.54) is 12.1 Å². The lowest BCUT2D eigenvalue weighted by Crippen LogP contribution is -2.32. The highest BCUT2D eigenvalue weighted by atomic mass is 19.1. The van der Waals surface area contributed by atoms with E-state index in [2.05, 4.69) is 10.6 Å². The fraction of sp³-hybridized carbons (Fsp3) is 0.462. The van der Waals surface area contributed by atoms with Gasteiger partial charge in [0.25, 0.3) is 5.91 Å². The van der Waals surface area contributed by atoms with Crippen molar-refractivity contribution in [3.8, 4) is 0 Å². The van der Waals surface area contributed by atoms with Crippen molar-refractivity contribution in [3.63, 3.8) is 0 Å². The summed E-state index contributed by atoms with van der Waals surface area (Å²) < 4.78 is 13.4. The first kappa shape index (κ1) is 13.5. The van der Waals surface area contributed by atoms with Crippen LogP contribution in [0.1, 0.15) is 31.1 Å². The van der Waals surface area contributed by atoms with Crippen LogP contribution in [0.4, 0.5) is 10.1 Å². The van der Waals surface area contributed by atoms with E-state index in [4.69, 9.17) is 0 Å². The second kappa shape index (κ2) is 5.17. The van der Waals surface area contributed by atoms with E-state index in [0.717, 1.165) is 0 Å². The minimum atomic E-state index is -0.420. The number of amides is 1. The van der Waals surface area contributed by atoms with Gasteiger partial charge in [-0.15, -0.1) is 0 Å². The quantitative estimate of drug-likeness (QED) is 0.850. The molecule has 0 aliphatic rings. The molecule has 0 unspecified atom stereocenters. The Bertz CT molecular complexity index is 410. The van der Waals surface area contributed by atoms with Gasteiger partial charge in [0.1, 0.15) is 5.82 Å². The molecular formula is C13H19FN2O. The highest BCUT2D eigenvalue weighted by Gasteiger charge is 2.16. The predicted molar refractivity (Wildman–Crippen MR) is 67.7 cm³/mol. The zero-order valence-corrected chi connectivity index (χ0v) is 10.7. The van der Waals surface area contributed by atoms with Crippen LogP contribution in [0.3, 0.4) is 0 Å². The van der Waals surface area contributed by atoms with Crippen LogP contribution in [-0.2, 0) is 0 Å². The fourth-order valence-electron chi connectivity index (χ4n) is 1.41. The fourth-order valence-corrected chi connectivity index (χ4v) is 1.41. The third kappa shape index (κ3) is 3.73. The first-order chi connectivity index (χ1) is 7.85. The number of anilines is 1. The van der Waals surface area contributed by atoms with Gasteiger partial charge in [-0.05, 0) is 17.5 Å². The van der Waals surface area contributed by atoms with E-state index in [9.17, 15) is 9.18 Å². The molecule has 1 aromatic rings.